The lowest BCUT2D eigenvalue weighted by atomic mass is 10.6. The summed E-state index contributed by atoms with van der Waals surface area (Å²) in [6.45, 7) is 0.432. The third-order valence-corrected chi connectivity index (χ3v) is 3.44. The van der Waals surface area contributed by atoms with E-state index in [0.717, 1.165) is 5.82 Å². The van der Waals surface area contributed by atoms with E-state index in [2.05, 4.69) is 25.7 Å². The lowest BCUT2D eigenvalue weighted by Crippen LogP contribution is -2.21. The van der Waals surface area contributed by atoms with E-state index in [9.17, 15) is 0 Å². The molecule has 0 aromatic carbocycles. The van der Waals surface area contributed by atoms with E-state index < -0.39 is 0 Å². The van der Waals surface area contributed by atoms with Gasteiger partial charge in [-0.15, -0.1) is 15.3 Å². The Labute approximate surface area is 114 Å². The second kappa shape index (κ2) is 6.59. The summed E-state index contributed by atoms with van der Waals surface area (Å²) in [6, 6.07) is 0. The van der Waals surface area contributed by atoms with Crippen LogP contribution in [0.1, 0.15) is 5.82 Å². The highest BCUT2D eigenvalue weighted by Gasteiger charge is 2.13. The van der Waals surface area contributed by atoms with Crippen molar-refractivity contribution in [3.63, 3.8) is 0 Å². The van der Waals surface area contributed by atoms with Crippen LogP contribution in [0.15, 0.2) is 11.5 Å². The van der Waals surface area contributed by atoms with Crippen molar-refractivity contribution in [2.24, 2.45) is 7.05 Å². The van der Waals surface area contributed by atoms with E-state index in [1.165, 1.54) is 11.8 Å². The van der Waals surface area contributed by atoms with Crippen LogP contribution in [-0.4, -0.2) is 55.5 Å². The van der Waals surface area contributed by atoms with Crippen LogP contribution in [0.2, 0.25) is 0 Å². The third kappa shape index (κ3) is 3.49. The van der Waals surface area contributed by atoms with Gasteiger partial charge < -0.3 is 14.0 Å². The SMILES string of the molecule is COC(Cn1nnnc1SCc1nncn1C)OC. The molecule has 10 heteroatoms. The normalized spacial score (nSPS) is 11.4. The van der Waals surface area contributed by atoms with Gasteiger partial charge in [-0.05, 0) is 10.4 Å². The van der Waals surface area contributed by atoms with Gasteiger partial charge in [0.05, 0.1) is 12.3 Å². The van der Waals surface area contributed by atoms with Crippen LogP contribution in [0.5, 0.6) is 0 Å². The Morgan fingerprint density at radius 3 is 2.74 bits per heavy atom. The van der Waals surface area contributed by atoms with Gasteiger partial charge in [-0.3, -0.25) is 0 Å². The van der Waals surface area contributed by atoms with Gasteiger partial charge in [0.1, 0.15) is 12.2 Å². The number of hydrogen-bond acceptors (Lipinski definition) is 8. The summed E-state index contributed by atoms with van der Waals surface area (Å²) in [6.07, 6.45) is 1.28. The molecule has 2 rings (SSSR count). The highest BCUT2D eigenvalue weighted by molar-refractivity contribution is 7.98. The van der Waals surface area contributed by atoms with Crippen molar-refractivity contribution in [2.45, 2.75) is 23.7 Å². The molecule has 2 aromatic rings. The molecule has 0 aliphatic carbocycles. The Morgan fingerprint density at radius 1 is 1.32 bits per heavy atom. The Kier molecular flexibility index (Phi) is 4.82. The number of rotatable bonds is 7. The predicted molar refractivity (Wildman–Crippen MR) is 66.2 cm³/mol. The molecule has 0 fully saturated rings. The molecule has 0 spiro atoms. The quantitative estimate of drug-likeness (QED) is 0.506. The van der Waals surface area contributed by atoms with Crippen molar-refractivity contribution in [3.8, 4) is 0 Å². The van der Waals surface area contributed by atoms with E-state index in [4.69, 9.17) is 9.47 Å². The lowest BCUT2D eigenvalue weighted by Gasteiger charge is -2.13. The summed E-state index contributed by atoms with van der Waals surface area (Å²) in [7, 11) is 5.04. The van der Waals surface area contributed by atoms with Gasteiger partial charge in [-0.1, -0.05) is 11.8 Å². The minimum Gasteiger partial charge on any atom is -0.354 e. The molecule has 0 atom stereocenters. The van der Waals surface area contributed by atoms with Gasteiger partial charge >= 0.3 is 0 Å². The number of aromatic nitrogens is 7. The molecular weight excluding hydrogens is 270 g/mol. The highest BCUT2D eigenvalue weighted by Crippen LogP contribution is 2.18. The van der Waals surface area contributed by atoms with Crippen LogP contribution < -0.4 is 0 Å². The fourth-order valence-corrected chi connectivity index (χ4v) is 2.24. The number of aryl methyl sites for hydroxylation is 1. The molecule has 0 unspecified atom stereocenters. The van der Waals surface area contributed by atoms with Crippen LogP contribution >= 0.6 is 11.8 Å². The predicted octanol–water partition coefficient (Wildman–Crippen LogP) is -0.287. The summed E-state index contributed by atoms with van der Waals surface area (Å²) in [5.74, 6) is 1.50. The molecule has 0 saturated heterocycles. The van der Waals surface area contributed by atoms with E-state index in [1.807, 2.05) is 11.6 Å². The lowest BCUT2D eigenvalue weighted by molar-refractivity contribution is -0.113. The highest BCUT2D eigenvalue weighted by atomic mass is 32.2. The van der Waals surface area contributed by atoms with E-state index in [-0.39, 0.29) is 6.29 Å². The maximum atomic E-state index is 5.12. The molecule has 0 amide bonds. The molecule has 2 aromatic heterocycles. The maximum Gasteiger partial charge on any atom is 0.209 e. The second-order valence-corrected chi connectivity index (χ2v) is 4.63. The summed E-state index contributed by atoms with van der Waals surface area (Å²) in [5.41, 5.74) is 0. The number of ether oxygens (including phenoxy) is 2. The molecule has 19 heavy (non-hydrogen) atoms. The molecule has 0 saturated carbocycles. The number of tetrazole rings is 1. The van der Waals surface area contributed by atoms with Gasteiger partial charge in [-0.25, -0.2) is 4.68 Å². The zero-order valence-electron chi connectivity index (χ0n) is 10.9. The average Bonchev–Trinajstić information content (AvgIpc) is 3.02. The van der Waals surface area contributed by atoms with Gasteiger partial charge in [0, 0.05) is 21.3 Å². The van der Waals surface area contributed by atoms with Crippen LogP contribution in [0.3, 0.4) is 0 Å². The van der Waals surface area contributed by atoms with Crippen molar-refractivity contribution >= 4 is 11.8 Å². The Morgan fingerprint density at radius 2 is 2.11 bits per heavy atom. The fraction of sp³-hybridized carbons (Fsp3) is 0.667. The topological polar surface area (TPSA) is 92.8 Å². The van der Waals surface area contributed by atoms with Crippen LogP contribution in [0, 0.1) is 0 Å². The summed E-state index contributed by atoms with van der Waals surface area (Å²) in [5, 5.41) is 20.0. The van der Waals surface area contributed by atoms with Gasteiger partial charge in [-0.2, -0.15) is 0 Å². The van der Waals surface area contributed by atoms with E-state index in [1.54, 1.807) is 25.2 Å². The summed E-state index contributed by atoms with van der Waals surface area (Å²) < 4.78 is 13.7. The standard InChI is InChI=1S/C9H15N7O2S/c1-15-6-10-11-7(15)5-19-9-12-13-14-16(9)4-8(17-2)18-3/h6,8H,4-5H2,1-3H3. The molecule has 0 radical (unpaired) electrons. The second-order valence-electron chi connectivity index (χ2n) is 3.69. The first-order valence-corrected chi connectivity index (χ1v) is 6.50. The number of nitrogens with zero attached hydrogens (tertiary/aromatic N) is 7. The summed E-state index contributed by atoms with van der Waals surface area (Å²) in [4.78, 5) is 0. The molecule has 0 bridgehead atoms. The third-order valence-electron chi connectivity index (χ3n) is 2.48. The smallest absolute Gasteiger partial charge is 0.209 e. The van der Waals surface area contributed by atoms with Crippen LogP contribution in [0.25, 0.3) is 0 Å². The van der Waals surface area contributed by atoms with Crippen LogP contribution in [0.4, 0.5) is 0 Å². The first kappa shape index (κ1) is 13.9. The van der Waals surface area contributed by atoms with Crippen molar-refractivity contribution in [2.75, 3.05) is 14.2 Å². The molecule has 0 aliphatic rings. The zero-order valence-corrected chi connectivity index (χ0v) is 11.7. The molecular formula is C9H15N7O2S. The van der Waals surface area contributed by atoms with Crippen molar-refractivity contribution in [1.29, 1.82) is 0 Å². The van der Waals surface area contributed by atoms with Crippen molar-refractivity contribution in [1.82, 2.24) is 35.0 Å². The van der Waals surface area contributed by atoms with Crippen molar-refractivity contribution < 1.29 is 9.47 Å². The summed E-state index contributed by atoms with van der Waals surface area (Å²) >= 11 is 1.48. The Bertz CT molecular complexity index is 510. The first-order chi connectivity index (χ1) is 9.24. The number of thioether (sulfide) groups is 1. The van der Waals surface area contributed by atoms with Crippen molar-refractivity contribution in [3.05, 3.63) is 12.2 Å². The zero-order chi connectivity index (χ0) is 13.7. The maximum absolute atomic E-state index is 5.12. The molecule has 0 N–H and O–H groups in total. The minimum atomic E-state index is -0.377. The fourth-order valence-electron chi connectivity index (χ4n) is 1.37. The number of hydrogen-bond donors (Lipinski definition) is 0. The Hall–Kier alpha value is -1.52. The van der Waals surface area contributed by atoms with E-state index >= 15 is 0 Å². The molecule has 104 valence electrons. The molecule has 9 nitrogen and oxygen atoms in total. The van der Waals surface area contributed by atoms with Gasteiger partial charge in [0.2, 0.25) is 5.16 Å². The minimum absolute atomic E-state index is 0.377. The first-order valence-electron chi connectivity index (χ1n) is 5.52. The van der Waals surface area contributed by atoms with E-state index in [0.29, 0.717) is 17.5 Å². The molecule has 2 heterocycles. The molecule has 0 aliphatic heterocycles. The Balaban J connectivity index is 1.98. The number of methoxy groups -OCH3 is 2. The largest absolute Gasteiger partial charge is 0.354 e. The van der Waals surface area contributed by atoms with Gasteiger partial charge in [0.15, 0.2) is 6.29 Å². The average molecular weight is 285 g/mol. The van der Waals surface area contributed by atoms with Gasteiger partial charge in [0.25, 0.3) is 0 Å². The van der Waals surface area contributed by atoms with Crippen LogP contribution in [-0.2, 0) is 28.8 Å². The monoisotopic (exact) mass is 285 g/mol.